The van der Waals surface area contributed by atoms with Crippen LogP contribution in [0.5, 0.6) is 5.75 Å². The van der Waals surface area contributed by atoms with Crippen molar-refractivity contribution in [2.45, 2.75) is 63.9 Å². The third-order valence-electron chi connectivity index (χ3n) is 6.48. The normalized spacial score (nSPS) is 21.4. The van der Waals surface area contributed by atoms with Crippen LogP contribution in [-0.2, 0) is 16.6 Å². The first-order valence-electron chi connectivity index (χ1n) is 11.7. The van der Waals surface area contributed by atoms with Gasteiger partial charge in [-0.2, -0.15) is 0 Å². The van der Waals surface area contributed by atoms with Gasteiger partial charge in [0, 0.05) is 7.05 Å². The Hall–Kier alpha value is -3.17. The molecule has 10 nitrogen and oxygen atoms in total. The number of anilines is 1. The van der Waals surface area contributed by atoms with E-state index in [0.29, 0.717) is 48.3 Å². The van der Waals surface area contributed by atoms with E-state index in [9.17, 15) is 14.7 Å². The number of hydrogen-bond acceptors (Lipinski definition) is 7. The first-order valence-corrected chi connectivity index (χ1v) is 11.7. The number of aliphatic carboxylic acids is 1. The Morgan fingerprint density at radius 3 is 2.70 bits per heavy atom. The van der Waals surface area contributed by atoms with E-state index in [0.717, 1.165) is 25.7 Å². The molecule has 2 aromatic rings. The number of aryl methyl sites for hydroxylation is 1. The highest BCUT2D eigenvalue weighted by Crippen LogP contribution is 2.30. The summed E-state index contributed by atoms with van der Waals surface area (Å²) in [5.41, 5.74) is 0.965. The molecule has 0 bridgehead atoms. The number of rotatable bonds is 7. The second-order valence-corrected chi connectivity index (χ2v) is 8.96. The van der Waals surface area contributed by atoms with Crippen LogP contribution in [0.1, 0.15) is 57.8 Å². The predicted molar refractivity (Wildman–Crippen MR) is 120 cm³/mol. The minimum absolute atomic E-state index is 0.139. The standard InChI is InChI=1S/C23H31N5O5/c1-28-21(25-23(31)32-14-15-6-3-2-4-7-15)20(26-27-28)19-11-10-18(13-24-19)33-17-9-5-8-16(12-17)22(29)30/h10-11,13,15-17H,2-9,12,14H2,1H3,(H,25,31)(H,29,30)/t16-,17-/m0/s1. The van der Waals surface area contributed by atoms with Gasteiger partial charge in [0.15, 0.2) is 11.5 Å². The van der Waals surface area contributed by atoms with Crippen molar-refractivity contribution in [3.8, 4) is 17.1 Å². The SMILES string of the molecule is Cn1nnc(-c2ccc(O[C@H]3CCC[C@H](C(=O)O)C3)cn2)c1NC(=O)OCC1CCCCC1. The molecule has 2 aliphatic rings. The fraction of sp³-hybridized carbons (Fsp3) is 0.609. The quantitative estimate of drug-likeness (QED) is 0.638. The van der Waals surface area contributed by atoms with Gasteiger partial charge in [-0.3, -0.25) is 15.1 Å². The van der Waals surface area contributed by atoms with Gasteiger partial charge in [-0.05, 0) is 56.6 Å². The molecular formula is C23H31N5O5. The zero-order valence-corrected chi connectivity index (χ0v) is 18.9. The molecule has 2 N–H and O–H groups in total. The molecule has 178 valence electrons. The van der Waals surface area contributed by atoms with E-state index in [4.69, 9.17) is 9.47 Å². The average Bonchev–Trinajstić information content (AvgIpc) is 3.19. The Morgan fingerprint density at radius 1 is 1.15 bits per heavy atom. The van der Waals surface area contributed by atoms with Crippen LogP contribution in [0.2, 0.25) is 0 Å². The first-order chi connectivity index (χ1) is 16.0. The summed E-state index contributed by atoms with van der Waals surface area (Å²) in [6.45, 7) is 0.417. The monoisotopic (exact) mass is 457 g/mol. The van der Waals surface area contributed by atoms with Crippen molar-refractivity contribution in [1.29, 1.82) is 0 Å². The molecular weight excluding hydrogens is 426 g/mol. The topological polar surface area (TPSA) is 128 Å². The molecule has 0 aliphatic heterocycles. The van der Waals surface area contributed by atoms with E-state index < -0.39 is 12.1 Å². The lowest BCUT2D eigenvalue weighted by Crippen LogP contribution is -2.29. The second-order valence-electron chi connectivity index (χ2n) is 8.96. The molecule has 0 radical (unpaired) electrons. The Bertz CT molecular complexity index is 955. The number of carbonyl (C=O) groups excluding carboxylic acids is 1. The number of carboxylic acids is 1. The Morgan fingerprint density at radius 2 is 1.97 bits per heavy atom. The molecule has 2 fully saturated rings. The Labute approximate surface area is 192 Å². The number of carbonyl (C=O) groups is 2. The van der Waals surface area contributed by atoms with Gasteiger partial charge in [-0.15, -0.1) is 5.10 Å². The summed E-state index contributed by atoms with van der Waals surface area (Å²) < 4.78 is 12.9. The molecule has 2 saturated carbocycles. The minimum atomic E-state index is -0.767. The molecule has 2 heterocycles. The van der Waals surface area contributed by atoms with E-state index in [1.165, 1.54) is 23.9 Å². The number of nitrogens with zero attached hydrogens (tertiary/aromatic N) is 4. The molecule has 0 spiro atoms. The summed E-state index contributed by atoms with van der Waals surface area (Å²) in [4.78, 5) is 28.0. The second kappa shape index (κ2) is 10.6. The van der Waals surface area contributed by atoms with Crippen LogP contribution in [0.25, 0.3) is 11.4 Å². The van der Waals surface area contributed by atoms with Gasteiger partial charge in [0.25, 0.3) is 0 Å². The lowest BCUT2D eigenvalue weighted by molar-refractivity contribution is -0.143. The molecule has 0 aromatic carbocycles. The molecule has 4 rings (SSSR count). The van der Waals surface area contributed by atoms with Crippen LogP contribution in [0, 0.1) is 11.8 Å². The zero-order chi connectivity index (χ0) is 23.2. The Balaban J connectivity index is 1.36. The van der Waals surface area contributed by atoms with Crippen molar-refractivity contribution >= 4 is 17.9 Å². The maximum Gasteiger partial charge on any atom is 0.412 e. The molecule has 1 amide bonds. The minimum Gasteiger partial charge on any atom is -0.489 e. The smallest absolute Gasteiger partial charge is 0.412 e. The number of ether oxygens (including phenoxy) is 2. The van der Waals surface area contributed by atoms with Crippen molar-refractivity contribution in [1.82, 2.24) is 20.0 Å². The number of nitrogens with one attached hydrogen (secondary N) is 1. The van der Waals surface area contributed by atoms with Gasteiger partial charge in [0.2, 0.25) is 0 Å². The summed E-state index contributed by atoms with van der Waals surface area (Å²) in [5, 5.41) is 20.1. The van der Waals surface area contributed by atoms with Gasteiger partial charge in [0.1, 0.15) is 5.75 Å². The summed E-state index contributed by atoms with van der Waals surface area (Å²) in [7, 11) is 1.69. The van der Waals surface area contributed by atoms with E-state index in [1.807, 2.05) is 0 Å². The van der Waals surface area contributed by atoms with Crippen molar-refractivity contribution in [2.75, 3.05) is 11.9 Å². The summed E-state index contributed by atoms with van der Waals surface area (Å²) >= 11 is 0. The molecule has 10 heteroatoms. The maximum absolute atomic E-state index is 12.4. The van der Waals surface area contributed by atoms with Crippen LogP contribution in [0.4, 0.5) is 10.6 Å². The van der Waals surface area contributed by atoms with Gasteiger partial charge < -0.3 is 14.6 Å². The molecule has 2 aromatic heterocycles. The highest BCUT2D eigenvalue weighted by Gasteiger charge is 2.28. The van der Waals surface area contributed by atoms with E-state index >= 15 is 0 Å². The van der Waals surface area contributed by atoms with Gasteiger partial charge in [-0.25, -0.2) is 9.48 Å². The van der Waals surface area contributed by atoms with Crippen LogP contribution in [0.15, 0.2) is 18.3 Å². The van der Waals surface area contributed by atoms with E-state index in [1.54, 1.807) is 25.4 Å². The largest absolute Gasteiger partial charge is 0.489 e. The van der Waals surface area contributed by atoms with E-state index in [2.05, 4.69) is 20.6 Å². The predicted octanol–water partition coefficient (Wildman–Crippen LogP) is 4.03. The number of carboxylic acid groups (broad SMARTS) is 1. The lowest BCUT2D eigenvalue weighted by Gasteiger charge is -2.27. The van der Waals surface area contributed by atoms with Crippen molar-refractivity contribution < 1.29 is 24.2 Å². The highest BCUT2D eigenvalue weighted by atomic mass is 16.5. The van der Waals surface area contributed by atoms with Crippen LogP contribution >= 0.6 is 0 Å². The summed E-state index contributed by atoms with van der Waals surface area (Å²) in [6, 6.07) is 3.52. The molecule has 2 atom stereocenters. The van der Waals surface area contributed by atoms with Crippen molar-refractivity contribution in [2.24, 2.45) is 18.9 Å². The zero-order valence-electron chi connectivity index (χ0n) is 18.9. The number of aromatic nitrogens is 4. The van der Waals surface area contributed by atoms with Gasteiger partial charge in [0.05, 0.1) is 30.5 Å². The molecule has 2 aliphatic carbocycles. The van der Waals surface area contributed by atoms with Crippen molar-refractivity contribution in [3.63, 3.8) is 0 Å². The third kappa shape index (κ3) is 6.00. The van der Waals surface area contributed by atoms with Gasteiger partial charge >= 0.3 is 12.1 Å². The number of amides is 1. The average molecular weight is 458 g/mol. The maximum atomic E-state index is 12.4. The fourth-order valence-electron chi connectivity index (χ4n) is 4.61. The highest BCUT2D eigenvalue weighted by molar-refractivity contribution is 5.88. The summed E-state index contributed by atoms with van der Waals surface area (Å²) in [6.07, 6.45) is 9.60. The molecule has 0 unspecified atom stereocenters. The number of hydrogen-bond donors (Lipinski definition) is 2. The molecule has 0 saturated heterocycles. The van der Waals surface area contributed by atoms with Crippen LogP contribution < -0.4 is 10.1 Å². The fourth-order valence-corrected chi connectivity index (χ4v) is 4.61. The van der Waals surface area contributed by atoms with E-state index in [-0.39, 0.29) is 12.0 Å². The first kappa shape index (κ1) is 23.0. The lowest BCUT2D eigenvalue weighted by atomic mass is 9.87. The Kier molecular flexibility index (Phi) is 7.41. The van der Waals surface area contributed by atoms with Crippen LogP contribution in [-0.4, -0.2) is 49.9 Å². The third-order valence-corrected chi connectivity index (χ3v) is 6.48. The van der Waals surface area contributed by atoms with Crippen molar-refractivity contribution in [3.05, 3.63) is 18.3 Å². The van der Waals surface area contributed by atoms with Crippen LogP contribution in [0.3, 0.4) is 0 Å². The van der Waals surface area contributed by atoms with Gasteiger partial charge in [-0.1, -0.05) is 24.5 Å². The number of pyridine rings is 1. The molecule has 33 heavy (non-hydrogen) atoms. The summed E-state index contributed by atoms with van der Waals surface area (Å²) in [5.74, 6) is 0.276.